The average molecular weight is 256 g/mol. The van der Waals surface area contributed by atoms with Crippen molar-refractivity contribution >= 4 is 0 Å². The fourth-order valence-electron chi connectivity index (χ4n) is 2.06. The van der Waals surface area contributed by atoms with Crippen molar-refractivity contribution in [3.63, 3.8) is 0 Å². The maximum absolute atomic E-state index is 5.26. The first-order chi connectivity index (χ1) is 9.20. The smallest absolute Gasteiger partial charge is 0.121 e. The number of aromatic nitrogens is 1. The lowest BCUT2D eigenvalue weighted by molar-refractivity contribution is 0.411. The molecule has 100 valence electrons. The van der Waals surface area contributed by atoms with Gasteiger partial charge >= 0.3 is 0 Å². The van der Waals surface area contributed by atoms with Crippen LogP contribution in [-0.2, 0) is 6.54 Å². The van der Waals surface area contributed by atoms with Crippen LogP contribution in [0.3, 0.4) is 0 Å². The molecule has 0 aliphatic carbocycles. The summed E-state index contributed by atoms with van der Waals surface area (Å²) >= 11 is 0. The molecule has 0 saturated carbocycles. The van der Waals surface area contributed by atoms with E-state index >= 15 is 0 Å². The second-order valence-electron chi connectivity index (χ2n) is 4.66. The summed E-state index contributed by atoms with van der Waals surface area (Å²) in [7, 11) is 1.70. The van der Waals surface area contributed by atoms with Gasteiger partial charge in [-0.3, -0.25) is 4.98 Å². The molecule has 0 aliphatic heterocycles. The summed E-state index contributed by atoms with van der Waals surface area (Å²) in [5.74, 6) is 0.932. The maximum Gasteiger partial charge on any atom is 0.121 e. The Morgan fingerprint density at radius 3 is 2.74 bits per heavy atom. The molecule has 2 rings (SSSR count). The maximum atomic E-state index is 5.26. The Kier molecular flexibility index (Phi) is 4.53. The molecule has 0 spiro atoms. The topological polar surface area (TPSA) is 34.1 Å². The molecular weight excluding hydrogens is 236 g/mol. The van der Waals surface area contributed by atoms with Gasteiger partial charge in [0.05, 0.1) is 12.8 Å². The summed E-state index contributed by atoms with van der Waals surface area (Å²) in [5.41, 5.74) is 3.47. The second-order valence-corrected chi connectivity index (χ2v) is 4.66. The third kappa shape index (κ3) is 3.55. The zero-order chi connectivity index (χ0) is 13.7. The molecule has 0 amide bonds. The lowest BCUT2D eigenvalue weighted by Crippen LogP contribution is -2.19. The van der Waals surface area contributed by atoms with E-state index in [0.29, 0.717) is 0 Å². The molecule has 0 aliphatic rings. The first kappa shape index (κ1) is 13.6. The average Bonchev–Trinajstić information content (AvgIpc) is 2.46. The van der Waals surface area contributed by atoms with E-state index < -0.39 is 0 Å². The Morgan fingerprint density at radius 1 is 1.26 bits per heavy atom. The molecule has 2 aromatic rings. The van der Waals surface area contributed by atoms with E-state index in [4.69, 9.17) is 4.74 Å². The fraction of sp³-hybridized carbons (Fsp3) is 0.312. The Hall–Kier alpha value is -1.87. The molecule has 1 N–H and O–H groups in total. The van der Waals surface area contributed by atoms with Gasteiger partial charge < -0.3 is 10.1 Å². The van der Waals surface area contributed by atoms with E-state index in [2.05, 4.69) is 36.3 Å². The van der Waals surface area contributed by atoms with E-state index in [1.54, 1.807) is 7.11 Å². The number of benzene rings is 1. The molecule has 19 heavy (non-hydrogen) atoms. The third-order valence-electron chi connectivity index (χ3n) is 3.20. The molecule has 1 aromatic carbocycles. The number of methoxy groups -OCH3 is 1. The Bertz CT molecular complexity index is 526. The Labute approximate surface area is 114 Å². The van der Waals surface area contributed by atoms with Crippen molar-refractivity contribution in [3.8, 4) is 5.75 Å². The van der Waals surface area contributed by atoms with E-state index in [9.17, 15) is 0 Å². The zero-order valence-electron chi connectivity index (χ0n) is 11.7. The lowest BCUT2D eigenvalue weighted by atomic mass is 10.1. The highest BCUT2D eigenvalue weighted by atomic mass is 16.5. The van der Waals surface area contributed by atoms with Crippen LogP contribution < -0.4 is 10.1 Å². The summed E-state index contributed by atoms with van der Waals surface area (Å²) < 4.78 is 5.26. The quantitative estimate of drug-likeness (QED) is 0.891. The van der Waals surface area contributed by atoms with Crippen molar-refractivity contribution in [1.29, 1.82) is 0 Å². The van der Waals surface area contributed by atoms with Gasteiger partial charge in [0.2, 0.25) is 0 Å². The van der Waals surface area contributed by atoms with Gasteiger partial charge in [0.25, 0.3) is 0 Å². The van der Waals surface area contributed by atoms with Crippen LogP contribution >= 0.6 is 0 Å². The first-order valence-electron chi connectivity index (χ1n) is 6.48. The van der Waals surface area contributed by atoms with Crippen LogP contribution in [0.2, 0.25) is 0 Å². The number of aryl methyl sites for hydroxylation is 1. The Balaban J connectivity index is 1.97. The SMILES string of the molecule is COc1ccc(CNC(C)c2ccccn2)cc1C. The number of pyridine rings is 1. The molecule has 0 fully saturated rings. The second kappa shape index (κ2) is 6.34. The van der Waals surface area contributed by atoms with Crippen LogP contribution in [0.15, 0.2) is 42.6 Å². The van der Waals surface area contributed by atoms with Gasteiger partial charge in [-0.1, -0.05) is 18.2 Å². The fourth-order valence-corrected chi connectivity index (χ4v) is 2.06. The highest BCUT2D eigenvalue weighted by Crippen LogP contribution is 2.19. The number of nitrogens with zero attached hydrogens (tertiary/aromatic N) is 1. The molecule has 0 radical (unpaired) electrons. The first-order valence-corrected chi connectivity index (χ1v) is 6.48. The predicted molar refractivity (Wildman–Crippen MR) is 77.2 cm³/mol. The minimum Gasteiger partial charge on any atom is -0.496 e. The van der Waals surface area contributed by atoms with Gasteiger partial charge in [-0.15, -0.1) is 0 Å². The van der Waals surface area contributed by atoms with Crippen LogP contribution in [0, 0.1) is 6.92 Å². The molecule has 1 aromatic heterocycles. The van der Waals surface area contributed by atoms with E-state index in [0.717, 1.165) is 23.6 Å². The van der Waals surface area contributed by atoms with Crippen LogP contribution in [0.1, 0.15) is 29.8 Å². The van der Waals surface area contributed by atoms with Crippen molar-refractivity contribution in [2.45, 2.75) is 26.4 Å². The van der Waals surface area contributed by atoms with E-state index in [1.807, 2.05) is 30.5 Å². The summed E-state index contributed by atoms with van der Waals surface area (Å²) in [6.45, 7) is 5.01. The lowest BCUT2D eigenvalue weighted by Gasteiger charge is -2.14. The summed E-state index contributed by atoms with van der Waals surface area (Å²) in [4.78, 5) is 4.35. The van der Waals surface area contributed by atoms with Gasteiger partial charge in [-0.25, -0.2) is 0 Å². The molecule has 1 atom stereocenters. The summed E-state index contributed by atoms with van der Waals surface area (Å²) in [6.07, 6.45) is 1.82. The Morgan fingerprint density at radius 2 is 2.11 bits per heavy atom. The number of hydrogen-bond acceptors (Lipinski definition) is 3. The van der Waals surface area contributed by atoms with Crippen LogP contribution in [0.5, 0.6) is 5.75 Å². The highest BCUT2D eigenvalue weighted by molar-refractivity contribution is 5.36. The minimum atomic E-state index is 0.239. The van der Waals surface area contributed by atoms with Crippen LogP contribution in [0.4, 0.5) is 0 Å². The molecule has 1 unspecified atom stereocenters. The molecular formula is C16H20N2O. The number of hydrogen-bond donors (Lipinski definition) is 1. The third-order valence-corrected chi connectivity index (χ3v) is 3.20. The van der Waals surface area contributed by atoms with Crippen LogP contribution in [0.25, 0.3) is 0 Å². The normalized spacial score (nSPS) is 12.2. The van der Waals surface area contributed by atoms with Gasteiger partial charge in [0.15, 0.2) is 0 Å². The van der Waals surface area contributed by atoms with Gasteiger partial charge in [0.1, 0.15) is 5.75 Å². The number of nitrogens with one attached hydrogen (secondary N) is 1. The summed E-state index contributed by atoms with van der Waals surface area (Å²) in [6, 6.07) is 12.5. The number of ether oxygens (including phenoxy) is 1. The van der Waals surface area contributed by atoms with Crippen molar-refractivity contribution < 1.29 is 4.74 Å². The molecule has 0 bridgehead atoms. The monoisotopic (exact) mass is 256 g/mol. The minimum absolute atomic E-state index is 0.239. The van der Waals surface area contributed by atoms with Crippen molar-refractivity contribution in [2.75, 3.05) is 7.11 Å². The molecule has 1 heterocycles. The van der Waals surface area contributed by atoms with E-state index in [-0.39, 0.29) is 6.04 Å². The largest absolute Gasteiger partial charge is 0.496 e. The zero-order valence-corrected chi connectivity index (χ0v) is 11.7. The van der Waals surface area contributed by atoms with Crippen molar-refractivity contribution in [3.05, 3.63) is 59.4 Å². The van der Waals surface area contributed by atoms with Gasteiger partial charge in [-0.2, -0.15) is 0 Å². The predicted octanol–water partition coefficient (Wildman–Crippen LogP) is 3.25. The molecule has 3 nitrogen and oxygen atoms in total. The van der Waals surface area contributed by atoms with Crippen LogP contribution in [-0.4, -0.2) is 12.1 Å². The van der Waals surface area contributed by atoms with Crippen molar-refractivity contribution in [2.24, 2.45) is 0 Å². The van der Waals surface area contributed by atoms with E-state index in [1.165, 1.54) is 5.56 Å². The standard InChI is InChI=1S/C16H20N2O/c1-12-10-14(7-8-16(12)19-3)11-18-13(2)15-6-4-5-9-17-15/h4-10,13,18H,11H2,1-3H3. The highest BCUT2D eigenvalue weighted by Gasteiger charge is 2.06. The van der Waals surface area contributed by atoms with Gasteiger partial charge in [-0.05, 0) is 43.2 Å². The molecule has 3 heteroatoms. The molecule has 0 saturated heterocycles. The summed E-state index contributed by atoms with van der Waals surface area (Å²) in [5, 5.41) is 3.48. The van der Waals surface area contributed by atoms with Crippen molar-refractivity contribution in [1.82, 2.24) is 10.3 Å². The van der Waals surface area contributed by atoms with Gasteiger partial charge in [0, 0.05) is 18.8 Å². The number of rotatable bonds is 5.